The molecule has 68 valence electrons. The molecule has 0 unspecified atom stereocenters. The van der Waals surface area contributed by atoms with Gasteiger partial charge in [0.1, 0.15) is 0 Å². The zero-order chi connectivity index (χ0) is 9.84. The van der Waals surface area contributed by atoms with Gasteiger partial charge >= 0.3 is 5.97 Å². The van der Waals surface area contributed by atoms with Crippen LogP contribution in [0.15, 0.2) is 18.2 Å². The van der Waals surface area contributed by atoms with Crippen molar-refractivity contribution in [2.45, 2.75) is 6.92 Å². The molecule has 0 aliphatic heterocycles. The third-order valence-corrected chi connectivity index (χ3v) is 1.48. The van der Waals surface area contributed by atoms with Crippen LogP contribution in [0.25, 0.3) is 6.08 Å². The van der Waals surface area contributed by atoms with Gasteiger partial charge in [-0.05, 0) is 25.1 Å². The summed E-state index contributed by atoms with van der Waals surface area (Å²) in [5.74, 6) is -1.01. The summed E-state index contributed by atoms with van der Waals surface area (Å²) < 4.78 is 0. The Hall–Kier alpha value is -1.84. The molecule has 1 aromatic heterocycles. The fourth-order valence-electron chi connectivity index (χ4n) is 0.871. The molecule has 0 saturated heterocycles. The Morgan fingerprint density at radius 2 is 2.31 bits per heavy atom. The number of carboxylic acid groups (broad SMARTS) is 1. The standard InChI is InChI=1S/C9H10N2O2/c1-6-2-3-7(10)8(11-6)4-5-9(12)13/h2-5H,10H2,1H3,(H,12,13). The lowest BCUT2D eigenvalue weighted by Crippen LogP contribution is -1.95. The van der Waals surface area contributed by atoms with Crippen molar-refractivity contribution in [2.75, 3.05) is 5.73 Å². The van der Waals surface area contributed by atoms with Crippen molar-refractivity contribution >= 4 is 17.7 Å². The molecule has 0 aliphatic carbocycles. The van der Waals surface area contributed by atoms with E-state index < -0.39 is 5.97 Å². The number of carbonyl (C=O) groups is 1. The number of pyridine rings is 1. The second-order valence-corrected chi connectivity index (χ2v) is 2.60. The molecule has 1 heterocycles. The summed E-state index contributed by atoms with van der Waals surface area (Å²) in [6.45, 7) is 1.82. The zero-order valence-electron chi connectivity index (χ0n) is 7.19. The van der Waals surface area contributed by atoms with Gasteiger partial charge in [-0.15, -0.1) is 0 Å². The van der Waals surface area contributed by atoms with Crippen LogP contribution in [0.4, 0.5) is 5.69 Å². The van der Waals surface area contributed by atoms with Crippen LogP contribution < -0.4 is 5.73 Å². The van der Waals surface area contributed by atoms with E-state index in [1.54, 1.807) is 12.1 Å². The van der Waals surface area contributed by atoms with Gasteiger partial charge in [-0.25, -0.2) is 4.79 Å². The Balaban J connectivity index is 3.00. The van der Waals surface area contributed by atoms with Crippen molar-refractivity contribution in [3.05, 3.63) is 29.6 Å². The van der Waals surface area contributed by atoms with Gasteiger partial charge in [0.2, 0.25) is 0 Å². The van der Waals surface area contributed by atoms with E-state index in [2.05, 4.69) is 4.98 Å². The lowest BCUT2D eigenvalue weighted by Gasteiger charge is -1.99. The third kappa shape index (κ3) is 2.59. The highest BCUT2D eigenvalue weighted by Crippen LogP contribution is 2.10. The van der Waals surface area contributed by atoms with E-state index in [-0.39, 0.29) is 0 Å². The number of aryl methyl sites for hydroxylation is 1. The molecule has 0 fully saturated rings. The number of carboxylic acids is 1. The highest BCUT2D eigenvalue weighted by molar-refractivity contribution is 5.86. The van der Waals surface area contributed by atoms with Gasteiger partial charge in [-0.2, -0.15) is 0 Å². The average Bonchev–Trinajstić information content (AvgIpc) is 2.06. The molecule has 1 aromatic rings. The van der Waals surface area contributed by atoms with Gasteiger partial charge in [0.15, 0.2) is 0 Å². The Kier molecular flexibility index (Phi) is 2.64. The number of anilines is 1. The first kappa shape index (κ1) is 9.25. The van der Waals surface area contributed by atoms with Crippen LogP contribution in [0.1, 0.15) is 11.4 Å². The summed E-state index contributed by atoms with van der Waals surface area (Å²) in [6, 6.07) is 3.47. The fraction of sp³-hybridized carbons (Fsp3) is 0.111. The van der Waals surface area contributed by atoms with Gasteiger partial charge < -0.3 is 10.8 Å². The Morgan fingerprint density at radius 1 is 1.62 bits per heavy atom. The third-order valence-electron chi connectivity index (χ3n) is 1.48. The molecule has 0 aromatic carbocycles. The van der Waals surface area contributed by atoms with Crippen LogP contribution in [0.2, 0.25) is 0 Å². The summed E-state index contributed by atoms with van der Waals surface area (Å²) in [6.07, 6.45) is 2.39. The van der Waals surface area contributed by atoms with Crippen molar-refractivity contribution in [1.82, 2.24) is 4.98 Å². The minimum Gasteiger partial charge on any atom is -0.478 e. The quantitative estimate of drug-likeness (QED) is 0.664. The second kappa shape index (κ2) is 3.71. The Labute approximate surface area is 75.7 Å². The number of aromatic nitrogens is 1. The average molecular weight is 178 g/mol. The number of hydrogen-bond acceptors (Lipinski definition) is 3. The molecule has 0 saturated carbocycles. The molecule has 0 bridgehead atoms. The van der Waals surface area contributed by atoms with Crippen molar-refractivity contribution in [1.29, 1.82) is 0 Å². The molecule has 4 heteroatoms. The normalized spacial score (nSPS) is 10.5. The van der Waals surface area contributed by atoms with Gasteiger partial charge in [-0.3, -0.25) is 4.98 Å². The van der Waals surface area contributed by atoms with Crippen LogP contribution in [0.3, 0.4) is 0 Å². The number of aliphatic carboxylic acids is 1. The minimum absolute atomic E-state index is 0.475. The van der Waals surface area contributed by atoms with E-state index in [1.807, 2.05) is 6.92 Å². The molecule has 0 amide bonds. The lowest BCUT2D eigenvalue weighted by molar-refractivity contribution is -0.131. The van der Waals surface area contributed by atoms with Gasteiger partial charge in [0, 0.05) is 11.8 Å². The van der Waals surface area contributed by atoms with E-state index in [0.717, 1.165) is 11.8 Å². The first-order valence-electron chi connectivity index (χ1n) is 3.73. The van der Waals surface area contributed by atoms with E-state index in [9.17, 15) is 4.79 Å². The smallest absolute Gasteiger partial charge is 0.328 e. The molecule has 0 atom stereocenters. The molecule has 0 radical (unpaired) electrons. The monoisotopic (exact) mass is 178 g/mol. The van der Waals surface area contributed by atoms with E-state index >= 15 is 0 Å². The first-order valence-corrected chi connectivity index (χ1v) is 3.73. The van der Waals surface area contributed by atoms with Crippen LogP contribution >= 0.6 is 0 Å². The Bertz CT molecular complexity index is 359. The molecular weight excluding hydrogens is 168 g/mol. The maximum absolute atomic E-state index is 10.2. The highest BCUT2D eigenvalue weighted by atomic mass is 16.4. The molecule has 0 spiro atoms. The fourth-order valence-corrected chi connectivity index (χ4v) is 0.871. The molecule has 4 nitrogen and oxygen atoms in total. The van der Waals surface area contributed by atoms with Crippen molar-refractivity contribution < 1.29 is 9.90 Å². The topological polar surface area (TPSA) is 76.2 Å². The number of rotatable bonds is 2. The molecule has 0 aliphatic rings. The van der Waals surface area contributed by atoms with Gasteiger partial charge in [0.25, 0.3) is 0 Å². The lowest BCUT2D eigenvalue weighted by atomic mass is 10.2. The summed E-state index contributed by atoms with van der Waals surface area (Å²) in [5.41, 5.74) is 7.34. The molecule has 13 heavy (non-hydrogen) atoms. The summed E-state index contributed by atoms with van der Waals surface area (Å²) in [7, 11) is 0. The van der Waals surface area contributed by atoms with Crippen molar-refractivity contribution in [3.63, 3.8) is 0 Å². The zero-order valence-corrected chi connectivity index (χ0v) is 7.19. The van der Waals surface area contributed by atoms with Crippen LogP contribution in [0, 0.1) is 6.92 Å². The van der Waals surface area contributed by atoms with Crippen molar-refractivity contribution in [2.24, 2.45) is 0 Å². The van der Waals surface area contributed by atoms with E-state index in [0.29, 0.717) is 11.4 Å². The minimum atomic E-state index is -1.01. The number of nitrogens with two attached hydrogens (primary N) is 1. The number of hydrogen-bond donors (Lipinski definition) is 2. The summed E-state index contributed by atoms with van der Waals surface area (Å²) in [5, 5.41) is 8.38. The molecular formula is C9H10N2O2. The molecule has 3 N–H and O–H groups in total. The maximum atomic E-state index is 10.2. The van der Waals surface area contributed by atoms with Gasteiger partial charge in [0.05, 0.1) is 11.4 Å². The SMILES string of the molecule is Cc1ccc(N)c(C=CC(=O)O)n1. The Morgan fingerprint density at radius 3 is 2.92 bits per heavy atom. The van der Waals surface area contributed by atoms with Crippen molar-refractivity contribution in [3.8, 4) is 0 Å². The summed E-state index contributed by atoms with van der Waals surface area (Å²) >= 11 is 0. The van der Waals surface area contributed by atoms with Crippen LogP contribution in [-0.4, -0.2) is 16.1 Å². The van der Waals surface area contributed by atoms with Crippen LogP contribution in [0.5, 0.6) is 0 Å². The van der Waals surface area contributed by atoms with E-state index in [1.165, 1.54) is 6.08 Å². The number of nitrogens with zero attached hydrogens (tertiary/aromatic N) is 1. The molecule has 1 rings (SSSR count). The predicted molar refractivity (Wildman–Crippen MR) is 50.1 cm³/mol. The largest absolute Gasteiger partial charge is 0.478 e. The van der Waals surface area contributed by atoms with E-state index in [4.69, 9.17) is 10.8 Å². The highest BCUT2D eigenvalue weighted by Gasteiger charge is 1.97. The second-order valence-electron chi connectivity index (χ2n) is 2.60. The maximum Gasteiger partial charge on any atom is 0.328 e. The predicted octanol–water partition coefficient (Wildman–Crippen LogP) is 1.07. The number of nitrogen functional groups attached to an aromatic ring is 1. The summed E-state index contributed by atoms with van der Waals surface area (Å²) in [4.78, 5) is 14.3. The van der Waals surface area contributed by atoms with Crippen LogP contribution in [-0.2, 0) is 4.79 Å². The first-order chi connectivity index (χ1) is 6.09. The van der Waals surface area contributed by atoms with Gasteiger partial charge in [-0.1, -0.05) is 0 Å².